The van der Waals surface area contributed by atoms with Crippen molar-refractivity contribution in [1.82, 2.24) is 9.36 Å². The van der Waals surface area contributed by atoms with Gasteiger partial charge in [0.05, 0.1) is 0 Å². The molecule has 23 heavy (non-hydrogen) atoms. The van der Waals surface area contributed by atoms with E-state index in [1.165, 1.54) is 30.8 Å². The molecule has 4 rings (SSSR count). The Morgan fingerprint density at radius 2 is 1.96 bits per heavy atom. The summed E-state index contributed by atoms with van der Waals surface area (Å²) in [6, 6.07) is 11.5. The Kier molecular flexibility index (Phi) is 3.58. The third-order valence-corrected chi connectivity index (χ3v) is 4.93. The third-order valence-electron chi connectivity index (χ3n) is 4.32. The molecule has 2 aromatic carbocycles. The van der Waals surface area contributed by atoms with Crippen LogP contribution in [-0.4, -0.2) is 15.1 Å². The first-order valence-corrected chi connectivity index (χ1v) is 8.52. The molecule has 0 radical (unpaired) electrons. The van der Waals surface area contributed by atoms with E-state index in [2.05, 4.69) is 9.36 Å². The summed E-state index contributed by atoms with van der Waals surface area (Å²) < 4.78 is 10.2. The van der Waals surface area contributed by atoms with Gasteiger partial charge in [-0.05, 0) is 48.7 Å². The van der Waals surface area contributed by atoms with E-state index in [9.17, 15) is 4.79 Å². The van der Waals surface area contributed by atoms with E-state index in [1.807, 2.05) is 36.4 Å². The van der Waals surface area contributed by atoms with Crippen molar-refractivity contribution in [2.24, 2.45) is 0 Å². The van der Waals surface area contributed by atoms with Gasteiger partial charge in [-0.25, -0.2) is 0 Å². The van der Waals surface area contributed by atoms with Gasteiger partial charge >= 0.3 is 0 Å². The van der Waals surface area contributed by atoms with Crippen molar-refractivity contribution in [2.45, 2.75) is 32.1 Å². The van der Waals surface area contributed by atoms with Crippen LogP contribution in [0.25, 0.3) is 10.8 Å². The summed E-state index contributed by atoms with van der Waals surface area (Å²) in [5, 5.41) is 2.65. The molecule has 4 nitrogen and oxygen atoms in total. The minimum atomic E-state index is 0.0737. The molecule has 5 heteroatoms. The largest absolute Gasteiger partial charge is 0.430 e. The quantitative estimate of drug-likeness (QED) is 0.637. The number of hydrogen-bond donors (Lipinski definition) is 0. The van der Waals surface area contributed by atoms with E-state index in [-0.39, 0.29) is 5.78 Å². The van der Waals surface area contributed by atoms with Crippen LogP contribution < -0.4 is 4.74 Å². The van der Waals surface area contributed by atoms with E-state index in [4.69, 9.17) is 4.74 Å². The minimum Gasteiger partial charge on any atom is -0.430 e. The second kappa shape index (κ2) is 5.74. The van der Waals surface area contributed by atoms with Gasteiger partial charge in [0.2, 0.25) is 0 Å². The number of ether oxygens (including phenoxy) is 1. The summed E-state index contributed by atoms with van der Waals surface area (Å²) in [5.41, 5.74) is 0.723. The van der Waals surface area contributed by atoms with E-state index in [0.717, 1.165) is 27.9 Å². The van der Waals surface area contributed by atoms with Crippen molar-refractivity contribution in [1.29, 1.82) is 0 Å². The van der Waals surface area contributed by atoms with Crippen LogP contribution in [0.2, 0.25) is 0 Å². The molecular weight excluding hydrogens is 308 g/mol. The van der Waals surface area contributed by atoms with Gasteiger partial charge in [-0.15, -0.1) is 0 Å². The fraction of sp³-hybridized carbons (Fsp3) is 0.278. The Morgan fingerprint density at radius 1 is 1.17 bits per heavy atom. The molecule has 1 aliphatic carbocycles. The molecule has 0 aliphatic heterocycles. The first-order valence-electron chi connectivity index (χ1n) is 7.75. The van der Waals surface area contributed by atoms with Gasteiger partial charge in [-0.2, -0.15) is 9.36 Å². The first kappa shape index (κ1) is 14.3. The maximum Gasteiger partial charge on any atom is 0.298 e. The van der Waals surface area contributed by atoms with Gasteiger partial charge in [0.15, 0.2) is 5.78 Å². The van der Waals surface area contributed by atoms with E-state index < -0.39 is 0 Å². The van der Waals surface area contributed by atoms with Crippen molar-refractivity contribution in [2.75, 3.05) is 0 Å². The summed E-state index contributed by atoms with van der Waals surface area (Å²) in [6.07, 6.45) is 3.64. The molecule has 1 aliphatic rings. The summed E-state index contributed by atoms with van der Waals surface area (Å²) >= 11 is 1.31. The monoisotopic (exact) mass is 324 g/mol. The van der Waals surface area contributed by atoms with Crippen LogP contribution in [0.15, 0.2) is 36.4 Å². The zero-order valence-electron chi connectivity index (χ0n) is 12.8. The molecule has 1 saturated carbocycles. The number of hydrogen-bond acceptors (Lipinski definition) is 5. The minimum absolute atomic E-state index is 0.0737. The van der Waals surface area contributed by atoms with Crippen molar-refractivity contribution in [3.05, 3.63) is 47.8 Å². The molecule has 1 fully saturated rings. The Bertz CT molecular complexity index is 884. The average molecular weight is 324 g/mol. The molecular formula is C18H16N2O2S. The second-order valence-electron chi connectivity index (χ2n) is 5.93. The first-order chi connectivity index (χ1) is 11.2. The standard InChI is InChI=1S/C18H16N2O2S/c1-11(21)13-5-6-15-10-16(8-7-14(15)9-13)22-18-19-17(20-23-18)12-3-2-4-12/h5-10,12H,2-4H2,1H3. The highest BCUT2D eigenvalue weighted by molar-refractivity contribution is 7.07. The van der Waals surface area contributed by atoms with Gasteiger partial charge in [0.1, 0.15) is 11.6 Å². The highest BCUT2D eigenvalue weighted by Gasteiger charge is 2.24. The van der Waals surface area contributed by atoms with Crippen LogP contribution in [0.1, 0.15) is 48.3 Å². The number of carbonyl (C=O) groups excluding carboxylic acids is 1. The molecule has 116 valence electrons. The Morgan fingerprint density at radius 3 is 2.70 bits per heavy atom. The van der Waals surface area contributed by atoms with Crippen molar-refractivity contribution >= 4 is 28.1 Å². The number of benzene rings is 2. The summed E-state index contributed by atoms with van der Waals surface area (Å²) in [5.74, 6) is 2.25. The number of Topliss-reactive ketones (excluding diaryl/α,β-unsaturated/α-hetero) is 1. The van der Waals surface area contributed by atoms with Gasteiger partial charge in [0, 0.05) is 23.0 Å². The lowest BCUT2D eigenvalue weighted by atomic mass is 9.85. The summed E-state index contributed by atoms with van der Waals surface area (Å²) in [4.78, 5) is 15.9. The van der Waals surface area contributed by atoms with E-state index >= 15 is 0 Å². The highest BCUT2D eigenvalue weighted by atomic mass is 32.1. The third kappa shape index (κ3) is 2.84. The Hall–Kier alpha value is -2.27. The van der Waals surface area contributed by atoms with Crippen LogP contribution in [0, 0.1) is 0 Å². The number of carbonyl (C=O) groups is 1. The smallest absolute Gasteiger partial charge is 0.298 e. The normalized spacial score (nSPS) is 14.7. The topological polar surface area (TPSA) is 52.1 Å². The van der Waals surface area contributed by atoms with E-state index in [0.29, 0.717) is 11.1 Å². The van der Waals surface area contributed by atoms with Crippen LogP contribution in [0.4, 0.5) is 0 Å². The van der Waals surface area contributed by atoms with Crippen molar-refractivity contribution in [3.8, 4) is 10.9 Å². The Labute approximate surface area is 138 Å². The summed E-state index contributed by atoms with van der Waals surface area (Å²) in [6.45, 7) is 1.58. The van der Waals surface area contributed by atoms with Gasteiger partial charge < -0.3 is 4.74 Å². The lowest BCUT2D eigenvalue weighted by Crippen LogP contribution is -2.10. The van der Waals surface area contributed by atoms with Crippen LogP contribution in [-0.2, 0) is 0 Å². The van der Waals surface area contributed by atoms with Gasteiger partial charge in [-0.1, -0.05) is 24.6 Å². The molecule has 0 unspecified atom stereocenters. The lowest BCUT2D eigenvalue weighted by molar-refractivity contribution is 0.101. The van der Waals surface area contributed by atoms with Crippen molar-refractivity contribution < 1.29 is 9.53 Å². The number of fused-ring (bicyclic) bond motifs is 1. The molecule has 0 spiro atoms. The van der Waals surface area contributed by atoms with Gasteiger partial charge in [0.25, 0.3) is 5.19 Å². The van der Waals surface area contributed by atoms with Gasteiger partial charge in [-0.3, -0.25) is 4.79 Å². The second-order valence-corrected chi connectivity index (χ2v) is 6.64. The number of aromatic nitrogens is 2. The number of nitrogens with zero attached hydrogens (tertiary/aromatic N) is 2. The molecule has 3 aromatic rings. The lowest BCUT2D eigenvalue weighted by Gasteiger charge is -2.21. The Balaban J connectivity index is 1.57. The number of rotatable bonds is 4. The fourth-order valence-corrected chi connectivity index (χ4v) is 3.33. The summed E-state index contributed by atoms with van der Waals surface area (Å²) in [7, 11) is 0. The van der Waals surface area contributed by atoms with Crippen LogP contribution >= 0.6 is 11.5 Å². The van der Waals surface area contributed by atoms with Crippen molar-refractivity contribution in [3.63, 3.8) is 0 Å². The van der Waals surface area contributed by atoms with Crippen LogP contribution in [0.5, 0.6) is 10.9 Å². The zero-order chi connectivity index (χ0) is 15.8. The van der Waals surface area contributed by atoms with E-state index in [1.54, 1.807) is 6.92 Å². The average Bonchev–Trinajstić information content (AvgIpc) is 2.92. The fourth-order valence-electron chi connectivity index (χ4n) is 2.70. The molecule has 0 N–H and O–H groups in total. The SMILES string of the molecule is CC(=O)c1ccc2cc(Oc3nc(C4CCC4)ns3)ccc2c1. The molecule has 0 saturated heterocycles. The van der Waals surface area contributed by atoms with Crippen LogP contribution in [0.3, 0.4) is 0 Å². The predicted octanol–water partition coefficient (Wildman–Crippen LogP) is 4.95. The molecule has 0 bridgehead atoms. The molecule has 0 amide bonds. The number of ketones is 1. The molecule has 0 atom stereocenters. The highest BCUT2D eigenvalue weighted by Crippen LogP contribution is 2.37. The molecule has 1 aromatic heterocycles. The maximum absolute atomic E-state index is 11.4. The molecule has 1 heterocycles. The maximum atomic E-state index is 11.4. The predicted molar refractivity (Wildman–Crippen MR) is 90.5 cm³/mol. The zero-order valence-corrected chi connectivity index (χ0v) is 13.6.